The lowest BCUT2D eigenvalue weighted by Crippen LogP contribution is -2.25. The number of benzene rings is 1. The third kappa shape index (κ3) is 5.00. The van der Waals surface area contributed by atoms with Gasteiger partial charge in [-0.15, -0.1) is 0 Å². The maximum atomic E-state index is 5.66. The number of nitrogens with two attached hydrogens (primary N) is 1. The van der Waals surface area contributed by atoms with E-state index in [1.807, 2.05) is 36.7 Å². The lowest BCUT2D eigenvalue weighted by atomic mass is 10.2. The number of rotatable bonds is 9. The van der Waals surface area contributed by atoms with Gasteiger partial charge >= 0.3 is 0 Å². The molecule has 0 aliphatic rings. The van der Waals surface area contributed by atoms with E-state index in [1.54, 1.807) is 0 Å². The van der Waals surface area contributed by atoms with Gasteiger partial charge in [-0.05, 0) is 44.5 Å². The highest BCUT2D eigenvalue weighted by molar-refractivity contribution is 5.54. The fourth-order valence-electron chi connectivity index (χ4n) is 3.01. The molecule has 0 saturated heterocycles. The van der Waals surface area contributed by atoms with Crippen LogP contribution in [0.5, 0.6) is 0 Å². The molecule has 2 heterocycles. The topological polar surface area (TPSA) is 70.8 Å². The van der Waals surface area contributed by atoms with Crippen molar-refractivity contribution in [3.63, 3.8) is 0 Å². The molecule has 0 amide bonds. The summed E-state index contributed by atoms with van der Waals surface area (Å²) in [6.45, 7) is 5.49. The third-order valence-electron chi connectivity index (χ3n) is 4.49. The average Bonchev–Trinajstić information content (AvgIpc) is 3.13. The molecule has 3 N–H and O–H groups in total. The van der Waals surface area contributed by atoms with Crippen LogP contribution in [-0.2, 0) is 13.1 Å². The van der Waals surface area contributed by atoms with E-state index in [9.17, 15) is 0 Å². The highest BCUT2D eigenvalue weighted by atomic mass is 15.1. The molecule has 0 unspecified atom stereocenters. The highest BCUT2D eigenvalue weighted by Gasteiger charge is 2.12. The van der Waals surface area contributed by atoms with Crippen molar-refractivity contribution in [2.75, 3.05) is 13.1 Å². The van der Waals surface area contributed by atoms with Crippen molar-refractivity contribution >= 4 is 0 Å². The Morgan fingerprint density at radius 1 is 1.00 bits per heavy atom. The van der Waals surface area contributed by atoms with Gasteiger partial charge in [0.05, 0.1) is 5.69 Å². The normalized spacial score (nSPS) is 11.2. The summed E-state index contributed by atoms with van der Waals surface area (Å²) < 4.78 is 0. The quantitative estimate of drug-likeness (QED) is 0.580. The molecule has 2 aromatic heterocycles. The average molecular weight is 349 g/mol. The molecule has 5 nitrogen and oxygen atoms in total. The second-order valence-electron chi connectivity index (χ2n) is 6.60. The molecule has 3 aromatic rings. The molecule has 1 aromatic carbocycles. The van der Waals surface area contributed by atoms with Gasteiger partial charge in [0.25, 0.3) is 0 Å². The van der Waals surface area contributed by atoms with E-state index < -0.39 is 0 Å². The number of unbranched alkanes of at least 4 members (excludes halogenated alkanes) is 1. The number of aromatic nitrogens is 3. The van der Waals surface area contributed by atoms with Gasteiger partial charge in [-0.3, -0.25) is 9.88 Å². The number of H-pyrrole nitrogens is 1. The molecule has 3 rings (SSSR count). The van der Waals surface area contributed by atoms with Crippen LogP contribution in [0.3, 0.4) is 0 Å². The number of aryl methyl sites for hydroxylation is 1. The van der Waals surface area contributed by atoms with Gasteiger partial charge in [0.15, 0.2) is 0 Å². The van der Waals surface area contributed by atoms with E-state index in [0.717, 1.165) is 61.8 Å². The van der Waals surface area contributed by atoms with Gasteiger partial charge in [0.2, 0.25) is 0 Å². The van der Waals surface area contributed by atoms with Crippen molar-refractivity contribution in [2.45, 2.75) is 32.9 Å². The van der Waals surface area contributed by atoms with Crippen LogP contribution in [0.15, 0.2) is 54.9 Å². The molecule has 0 fully saturated rings. The monoisotopic (exact) mass is 349 g/mol. The Morgan fingerprint density at radius 2 is 1.85 bits per heavy atom. The van der Waals surface area contributed by atoms with Gasteiger partial charge in [-0.2, -0.15) is 0 Å². The first-order valence-corrected chi connectivity index (χ1v) is 9.18. The molecule has 0 bridgehead atoms. The van der Waals surface area contributed by atoms with Gasteiger partial charge < -0.3 is 10.7 Å². The number of pyridine rings is 1. The standard InChI is InChI=1S/C21H27N5/c1-17-8-7-12-23-20(17)16-26(13-6-5-11-22)15-19-14-24-21(25-19)18-9-3-2-4-10-18/h2-4,7-10,12,14H,5-6,11,13,15-16,22H2,1H3,(H,24,25). The van der Waals surface area contributed by atoms with Gasteiger partial charge in [-0.25, -0.2) is 4.98 Å². The van der Waals surface area contributed by atoms with Crippen molar-refractivity contribution in [1.29, 1.82) is 0 Å². The summed E-state index contributed by atoms with van der Waals surface area (Å²) in [5.74, 6) is 0.913. The van der Waals surface area contributed by atoms with Crippen LogP contribution in [0.4, 0.5) is 0 Å². The Hall–Kier alpha value is -2.50. The smallest absolute Gasteiger partial charge is 0.137 e. The SMILES string of the molecule is Cc1cccnc1CN(CCCCN)Cc1cnc(-c2ccccc2)[nH]1. The number of imidazole rings is 1. The highest BCUT2D eigenvalue weighted by Crippen LogP contribution is 2.17. The first kappa shape index (κ1) is 18.3. The molecule has 26 heavy (non-hydrogen) atoms. The van der Waals surface area contributed by atoms with Gasteiger partial charge in [0, 0.05) is 36.7 Å². The molecule has 0 aliphatic heterocycles. The molecule has 0 spiro atoms. The van der Waals surface area contributed by atoms with Crippen molar-refractivity contribution in [3.8, 4) is 11.4 Å². The van der Waals surface area contributed by atoms with E-state index in [0.29, 0.717) is 0 Å². The number of nitrogens with zero attached hydrogens (tertiary/aromatic N) is 3. The summed E-state index contributed by atoms with van der Waals surface area (Å²) in [7, 11) is 0. The Kier molecular flexibility index (Phi) is 6.52. The number of hydrogen-bond donors (Lipinski definition) is 2. The molecule has 0 aliphatic carbocycles. The molecular weight excluding hydrogens is 322 g/mol. The summed E-state index contributed by atoms with van der Waals surface area (Å²) in [6, 6.07) is 14.3. The lowest BCUT2D eigenvalue weighted by molar-refractivity contribution is 0.246. The molecule has 0 saturated carbocycles. The van der Waals surface area contributed by atoms with Crippen LogP contribution in [0.25, 0.3) is 11.4 Å². The van der Waals surface area contributed by atoms with Crippen LogP contribution in [0.1, 0.15) is 29.8 Å². The van der Waals surface area contributed by atoms with Crippen LogP contribution in [0.2, 0.25) is 0 Å². The third-order valence-corrected chi connectivity index (χ3v) is 4.49. The predicted octanol–water partition coefficient (Wildman–Crippen LogP) is 3.52. The molecule has 136 valence electrons. The fourth-order valence-corrected chi connectivity index (χ4v) is 3.01. The summed E-state index contributed by atoms with van der Waals surface area (Å²) >= 11 is 0. The van der Waals surface area contributed by atoms with E-state index >= 15 is 0 Å². The van der Waals surface area contributed by atoms with E-state index in [4.69, 9.17) is 5.73 Å². The van der Waals surface area contributed by atoms with Crippen LogP contribution in [-0.4, -0.2) is 32.9 Å². The summed E-state index contributed by atoms with van der Waals surface area (Å²) in [5.41, 5.74) is 10.2. The number of nitrogens with one attached hydrogen (secondary N) is 1. The zero-order valence-electron chi connectivity index (χ0n) is 15.4. The molecular formula is C21H27N5. The molecule has 0 radical (unpaired) electrons. The Balaban J connectivity index is 1.71. The van der Waals surface area contributed by atoms with E-state index in [2.05, 4.69) is 45.0 Å². The Bertz CT molecular complexity index is 797. The predicted molar refractivity (Wildman–Crippen MR) is 105 cm³/mol. The minimum absolute atomic E-state index is 0.735. The lowest BCUT2D eigenvalue weighted by Gasteiger charge is -2.22. The first-order chi connectivity index (χ1) is 12.8. The van der Waals surface area contributed by atoms with Crippen LogP contribution >= 0.6 is 0 Å². The molecule has 5 heteroatoms. The van der Waals surface area contributed by atoms with Gasteiger partial charge in [0.1, 0.15) is 5.82 Å². The summed E-state index contributed by atoms with van der Waals surface area (Å²) in [6.07, 6.45) is 5.92. The largest absolute Gasteiger partial charge is 0.341 e. The maximum Gasteiger partial charge on any atom is 0.137 e. The van der Waals surface area contributed by atoms with E-state index in [1.165, 1.54) is 5.56 Å². The van der Waals surface area contributed by atoms with Crippen molar-refractivity contribution in [2.24, 2.45) is 5.73 Å². The number of aromatic amines is 1. The zero-order valence-corrected chi connectivity index (χ0v) is 15.4. The zero-order chi connectivity index (χ0) is 18.2. The summed E-state index contributed by atoms with van der Waals surface area (Å²) in [5, 5.41) is 0. The van der Waals surface area contributed by atoms with Crippen molar-refractivity contribution < 1.29 is 0 Å². The second kappa shape index (κ2) is 9.27. The van der Waals surface area contributed by atoms with E-state index in [-0.39, 0.29) is 0 Å². The van der Waals surface area contributed by atoms with Crippen molar-refractivity contribution in [1.82, 2.24) is 19.9 Å². The second-order valence-corrected chi connectivity index (χ2v) is 6.60. The van der Waals surface area contributed by atoms with Crippen LogP contribution in [0, 0.1) is 6.92 Å². The first-order valence-electron chi connectivity index (χ1n) is 9.18. The van der Waals surface area contributed by atoms with Gasteiger partial charge in [-0.1, -0.05) is 36.4 Å². The molecule has 0 atom stereocenters. The van der Waals surface area contributed by atoms with Crippen LogP contribution < -0.4 is 5.73 Å². The van der Waals surface area contributed by atoms with Crippen molar-refractivity contribution in [3.05, 3.63) is 71.8 Å². The minimum Gasteiger partial charge on any atom is -0.341 e. The Morgan fingerprint density at radius 3 is 2.62 bits per heavy atom. The minimum atomic E-state index is 0.735. The fraction of sp³-hybridized carbons (Fsp3) is 0.333. The number of hydrogen-bond acceptors (Lipinski definition) is 4. The summed E-state index contributed by atoms with van der Waals surface area (Å²) in [4.78, 5) is 15.0. The Labute approximate surface area is 155 Å². The maximum absolute atomic E-state index is 5.66.